The van der Waals surface area contributed by atoms with Crippen molar-refractivity contribution in [2.75, 3.05) is 33.2 Å². The SMILES string of the molecule is CN=C(NCC(=O)NC(C)(C)C)NCC1CCN(S(=O)(=O)c2ccccc2)CC1.I. The quantitative estimate of drug-likeness (QED) is 0.284. The predicted octanol–water partition coefficient (Wildman–Crippen LogP) is 1.78. The van der Waals surface area contributed by atoms with Gasteiger partial charge in [-0.3, -0.25) is 9.79 Å². The highest BCUT2D eigenvalue weighted by Gasteiger charge is 2.29. The zero-order valence-corrected chi connectivity index (χ0v) is 21.3. The molecular formula is C20H34IN5O3S. The second-order valence-corrected chi connectivity index (χ2v) is 10.2. The largest absolute Gasteiger partial charge is 0.356 e. The molecule has 1 heterocycles. The van der Waals surface area contributed by atoms with Gasteiger partial charge in [0.25, 0.3) is 0 Å². The number of sulfonamides is 1. The van der Waals surface area contributed by atoms with Crippen LogP contribution in [0.5, 0.6) is 0 Å². The number of aliphatic imine (C=N–C) groups is 1. The van der Waals surface area contributed by atoms with Crippen LogP contribution in [0.3, 0.4) is 0 Å². The molecule has 1 amide bonds. The normalized spacial score (nSPS) is 16.5. The molecule has 1 aromatic carbocycles. The van der Waals surface area contributed by atoms with Gasteiger partial charge in [-0.05, 0) is 51.7 Å². The van der Waals surface area contributed by atoms with Gasteiger partial charge in [0.2, 0.25) is 15.9 Å². The zero-order chi connectivity index (χ0) is 21.5. The topological polar surface area (TPSA) is 103 Å². The molecular weight excluding hydrogens is 517 g/mol. The highest BCUT2D eigenvalue weighted by molar-refractivity contribution is 14.0. The summed E-state index contributed by atoms with van der Waals surface area (Å²) in [6.45, 7) is 7.63. The van der Waals surface area contributed by atoms with Crippen LogP contribution in [0, 0.1) is 5.92 Å². The number of benzene rings is 1. The van der Waals surface area contributed by atoms with Gasteiger partial charge < -0.3 is 16.0 Å². The minimum absolute atomic E-state index is 0. The van der Waals surface area contributed by atoms with Crippen LogP contribution in [0.1, 0.15) is 33.6 Å². The summed E-state index contributed by atoms with van der Waals surface area (Å²) in [4.78, 5) is 16.4. The summed E-state index contributed by atoms with van der Waals surface area (Å²) in [6, 6.07) is 8.56. The number of carbonyl (C=O) groups is 1. The Labute approximate surface area is 197 Å². The second-order valence-electron chi connectivity index (χ2n) is 8.27. The fraction of sp³-hybridized carbons (Fsp3) is 0.600. The van der Waals surface area contributed by atoms with E-state index in [1.807, 2.05) is 26.8 Å². The third-order valence-corrected chi connectivity index (χ3v) is 6.58. The number of nitrogens with zero attached hydrogens (tertiary/aromatic N) is 2. The maximum atomic E-state index is 12.7. The Hall–Kier alpha value is -1.40. The van der Waals surface area contributed by atoms with Gasteiger partial charge >= 0.3 is 0 Å². The molecule has 1 aliphatic rings. The Bertz CT molecular complexity index is 801. The minimum atomic E-state index is -3.42. The number of piperidine rings is 1. The summed E-state index contributed by atoms with van der Waals surface area (Å²) in [5.41, 5.74) is -0.274. The van der Waals surface area contributed by atoms with Crippen molar-refractivity contribution in [3.8, 4) is 0 Å². The van der Waals surface area contributed by atoms with E-state index in [0.717, 1.165) is 12.8 Å². The monoisotopic (exact) mass is 551 g/mol. The van der Waals surface area contributed by atoms with E-state index in [1.54, 1.807) is 35.6 Å². The van der Waals surface area contributed by atoms with Crippen molar-refractivity contribution in [1.29, 1.82) is 0 Å². The number of hydrogen-bond acceptors (Lipinski definition) is 4. The number of carbonyl (C=O) groups excluding carboxylic acids is 1. The highest BCUT2D eigenvalue weighted by Crippen LogP contribution is 2.23. The summed E-state index contributed by atoms with van der Waals surface area (Å²) in [6.07, 6.45) is 1.56. The van der Waals surface area contributed by atoms with Crippen LogP contribution in [-0.4, -0.2) is 63.4 Å². The lowest BCUT2D eigenvalue weighted by atomic mass is 9.98. The average Bonchev–Trinajstić information content (AvgIpc) is 2.68. The van der Waals surface area contributed by atoms with Crippen molar-refractivity contribution in [3.05, 3.63) is 30.3 Å². The van der Waals surface area contributed by atoms with E-state index in [9.17, 15) is 13.2 Å². The molecule has 30 heavy (non-hydrogen) atoms. The lowest BCUT2D eigenvalue weighted by Gasteiger charge is -2.31. The van der Waals surface area contributed by atoms with Gasteiger partial charge in [0.05, 0.1) is 11.4 Å². The van der Waals surface area contributed by atoms with Crippen molar-refractivity contribution < 1.29 is 13.2 Å². The summed E-state index contributed by atoms with van der Waals surface area (Å²) in [5, 5.41) is 9.13. The van der Waals surface area contributed by atoms with E-state index in [1.165, 1.54) is 0 Å². The Kier molecular flexibility index (Phi) is 10.5. The zero-order valence-electron chi connectivity index (χ0n) is 18.1. The molecule has 0 atom stereocenters. The number of rotatable bonds is 6. The van der Waals surface area contributed by atoms with E-state index in [0.29, 0.717) is 36.4 Å². The average molecular weight is 551 g/mol. The Morgan fingerprint density at radius 2 is 1.73 bits per heavy atom. The minimum Gasteiger partial charge on any atom is -0.356 e. The number of guanidine groups is 1. The number of amides is 1. The smallest absolute Gasteiger partial charge is 0.243 e. The Balaban J connectivity index is 0.00000450. The van der Waals surface area contributed by atoms with E-state index in [-0.39, 0.29) is 42.0 Å². The maximum Gasteiger partial charge on any atom is 0.243 e. The molecule has 8 nitrogen and oxygen atoms in total. The van der Waals surface area contributed by atoms with Crippen molar-refractivity contribution in [3.63, 3.8) is 0 Å². The van der Waals surface area contributed by atoms with Gasteiger partial charge in [-0.1, -0.05) is 18.2 Å². The number of halogens is 1. The van der Waals surface area contributed by atoms with Crippen molar-refractivity contribution in [1.82, 2.24) is 20.3 Å². The molecule has 170 valence electrons. The van der Waals surface area contributed by atoms with Crippen LogP contribution in [0.25, 0.3) is 0 Å². The molecule has 3 N–H and O–H groups in total. The van der Waals surface area contributed by atoms with E-state index in [2.05, 4.69) is 20.9 Å². The number of nitrogens with one attached hydrogen (secondary N) is 3. The molecule has 0 unspecified atom stereocenters. The second kappa shape index (κ2) is 11.8. The molecule has 0 radical (unpaired) electrons. The van der Waals surface area contributed by atoms with Crippen LogP contribution in [0.15, 0.2) is 40.2 Å². The summed E-state index contributed by atoms with van der Waals surface area (Å²) < 4.78 is 27.0. The third-order valence-electron chi connectivity index (χ3n) is 4.67. The van der Waals surface area contributed by atoms with Gasteiger partial charge in [0.15, 0.2) is 5.96 Å². The Morgan fingerprint density at radius 3 is 2.27 bits per heavy atom. The van der Waals surface area contributed by atoms with E-state index in [4.69, 9.17) is 0 Å². The first-order chi connectivity index (χ1) is 13.6. The van der Waals surface area contributed by atoms with Crippen LogP contribution in [0.2, 0.25) is 0 Å². The van der Waals surface area contributed by atoms with Crippen LogP contribution >= 0.6 is 24.0 Å². The van der Waals surface area contributed by atoms with Crippen molar-refractivity contribution >= 4 is 45.9 Å². The molecule has 0 aliphatic carbocycles. The van der Waals surface area contributed by atoms with Gasteiger partial charge in [-0.25, -0.2) is 8.42 Å². The first-order valence-corrected chi connectivity index (χ1v) is 11.4. The summed E-state index contributed by atoms with van der Waals surface area (Å²) >= 11 is 0. The van der Waals surface area contributed by atoms with E-state index >= 15 is 0 Å². The lowest BCUT2D eigenvalue weighted by Crippen LogP contribution is -2.49. The van der Waals surface area contributed by atoms with Crippen LogP contribution in [-0.2, 0) is 14.8 Å². The molecule has 1 saturated heterocycles. The maximum absolute atomic E-state index is 12.7. The molecule has 1 aliphatic heterocycles. The molecule has 2 rings (SSSR count). The highest BCUT2D eigenvalue weighted by atomic mass is 127. The fourth-order valence-corrected chi connectivity index (χ4v) is 4.67. The molecule has 0 saturated carbocycles. The summed E-state index contributed by atoms with van der Waals surface area (Å²) in [7, 11) is -1.76. The molecule has 0 spiro atoms. The lowest BCUT2D eigenvalue weighted by molar-refractivity contribution is -0.121. The van der Waals surface area contributed by atoms with Crippen LogP contribution < -0.4 is 16.0 Å². The Morgan fingerprint density at radius 1 is 1.13 bits per heavy atom. The van der Waals surface area contributed by atoms with Gasteiger partial charge in [-0.15, -0.1) is 24.0 Å². The van der Waals surface area contributed by atoms with E-state index < -0.39 is 10.0 Å². The molecule has 1 fully saturated rings. The van der Waals surface area contributed by atoms with Gasteiger partial charge in [0, 0.05) is 32.2 Å². The standard InChI is InChI=1S/C20H33N5O3S.HI/c1-20(2,3)24-18(26)15-23-19(21-4)22-14-16-10-12-25(13-11-16)29(27,28)17-8-6-5-7-9-17;/h5-9,16H,10-15H2,1-4H3,(H,24,26)(H2,21,22,23);1H. The van der Waals surface area contributed by atoms with Crippen molar-refractivity contribution in [2.24, 2.45) is 10.9 Å². The van der Waals surface area contributed by atoms with Crippen molar-refractivity contribution in [2.45, 2.75) is 44.0 Å². The first kappa shape index (κ1) is 26.6. The predicted molar refractivity (Wildman–Crippen MR) is 131 cm³/mol. The molecule has 0 aromatic heterocycles. The van der Waals surface area contributed by atoms with Gasteiger partial charge in [0.1, 0.15) is 0 Å². The van der Waals surface area contributed by atoms with Crippen LogP contribution in [0.4, 0.5) is 0 Å². The van der Waals surface area contributed by atoms with Gasteiger partial charge in [-0.2, -0.15) is 4.31 Å². The third kappa shape index (κ3) is 8.38. The molecule has 0 bridgehead atoms. The fourth-order valence-electron chi connectivity index (χ4n) is 3.18. The summed E-state index contributed by atoms with van der Waals surface area (Å²) in [5.74, 6) is 0.812. The molecule has 10 heteroatoms. The molecule has 1 aromatic rings. The number of hydrogen-bond donors (Lipinski definition) is 3. The first-order valence-electron chi connectivity index (χ1n) is 9.92.